The first kappa shape index (κ1) is 5.83. The fourth-order valence-electron chi connectivity index (χ4n) is 1.27. The summed E-state index contributed by atoms with van der Waals surface area (Å²) in [4.78, 5) is 0. The number of hydrogen-bond donors (Lipinski definition) is 1. The summed E-state index contributed by atoms with van der Waals surface area (Å²) < 4.78 is 0. The first-order valence-corrected chi connectivity index (χ1v) is 3.22. The minimum atomic E-state index is 0.648. The lowest BCUT2D eigenvalue weighted by Crippen LogP contribution is -2.11. The van der Waals surface area contributed by atoms with Gasteiger partial charge in [-0.15, -0.1) is 0 Å². The largest absolute Gasteiger partial charge is 0.330 e. The molecule has 1 nitrogen and oxygen atoms in total. The van der Waals surface area contributed by atoms with Crippen molar-refractivity contribution in [3.05, 3.63) is 12.2 Å². The van der Waals surface area contributed by atoms with E-state index in [-0.39, 0.29) is 0 Å². The average Bonchev–Trinajstić information content (AvgIpc) is 2.14. The van der Waals surface area contributed by atoms with Gasteiger partial charge in [-0.3, -0.25) is 0 Å². The Labute approximate surface area is 50.6 Å². The summed E-state index contributed by atoms with van der Waals surface area (Å²) in [6.45, 7) is 4.73. The smallest absolute Gasteiger partial charge is 0.00116 e. The molecule has 0 unspecified atom stereocenters. The van der Waals surface area contributed by atoms with E-state index in [9.17, 15) is 0 Å². The van der Waals surface area contributed by atoms with Gasteiger partial charge in [0.25, 0.3) is 0 Å². The second-order valence-electron chi connectivity index (χ2n) is 2.48. The molecule has 0 spiro atoms. The van der Waals surface area contributed by atoms with Crippen molar-refractivity contribution in [3.63, 3.8) is 0 Å². The highest BCUT2D eigenvalue weighted by molar-refractivity contribution is 5.05. The Bertz CT molecular complexity index is 96.6. The Kier molecular flexibility index (Phi) is 1.69. The van der Waals surface area contributed by atoms with Crippen LogP contribution in [0.3, 0.4) is 0 Å². The van der Waals surface area contributed by atoms with Crippen molar-refractivity contribution >= 4 is 0 Å². The van der Waals surface area contributed by atoms with E-state index in [0.717, 1.165) is 6.54 Å². The first-order chi connectivity index (χ1) is 3.84. The second kappa shape index (κ2) is 2.31. The van der Waals surface area contributed by atoms with Crippen molar-refractivity contribution in [1.82, 2.24) is 0 Å². The SMILES string of the molecule is C=C1CCC[C@@H]1CN. The van der Waals surface area contributed by atoms with Gasteiger partial charge in [0.15, 0.2) is 0 Å². The molecule has 8 heavy (non-hydrogen) atoms. The molecule has 0 aliphatic heterocycles. The third-order valence-corrected chi connectivity index (χ3v) is 1.91. The van der Waals surface area contributed by atoms with Crippen LogP contribution >= 0.6 is 0 Å². The van der Waals surface area contributed by atoms with Gasteiger partial charge >= 0.3 is 0 Å². The van der Waals surface area contributed by atoms with Crippen LogP contribution in [0.5, 0.6) is 0 Å². The van der Waals surface area contributed by atoms with Crippen LogP contribution in [-0.2, 0) is 0 Å². The predicted octanol–water partition coefficient (Wildman–Crippen LogP) is 1.30. The van der Waals surface area contributed by atoms with E-state index in [1.165, 1.54) is 24.8 Å². The van der Waals surface area contributed by atoms with Crippen molar-refractivity contribution in [2.24, 2.45) is 11.7 Å². The highest BCUT2D eigenvalue weighted by Gasteiger charge is 2.16. The molecule has 0 saturated heterocycles. The normalized spacial score (nSPS) is 29.1. The fourth-order valence-corrected chi connectivity index (χ4v) is 1.27. The van der Waals surface area contributed by atoms with Gasteiger partial charge in [0.2, 0.25) is 0 Å². The summed E-state index contributed by atoms with van der Waals surface area (Å²) in [7, 11) is 0. The summed E-state index contributed by atoms with van der Waals surface area (Å²) in [6, 6.07) is 0. The molecular formula is C7H13N. The highest BCUT2D eigenvalue weighted by atomic mass is 14.6. The van der Waals surface area contributed by atoms with Crippen LogP contribution in [0.1, 0.15) is 19.3 Å². The van der Waals surface area contributed by atoms with Crippen LogP contribution in [0, 0.1) is 5.92 Å². The number of nitrogens with two attached hydrogens (primary N) is 1. The molecule has 1 atom stereocenters. The third kappa shape index (κ3) is 0.920. The minimum Gasteiger partial charge on any atom is -0.330 e. The van der Waals surface area contributed by atoms with Gasteiger partial charge in [0, 0.05) is 0 Å². The molecule has 0 amide bonds. The van der Waals surface area contributed by atoms with Gasteiger partial charge in [0.1, 0.15) is 0 Å². The summed E-state index contributed by atoms with van der Waals surface area (Å²) in [5.41, 5.74) is 6.83. The zero-order valence-electron chi connectivity index (χ0n) is 5.19. The molecule has 0 radical (unpaired) electrons. The van der Waals surface area contributed by atoms with Crippen molar-refractivity contribution in [2.75, 3.05) is 6.54 Å². The second-order valence-corrected chi connectivity index (χ2v) is 2.48. The standard InChI is InChI=1S/C7H13N/c1-6-3-2-4-7(6)5-8/h7H,1-5,8H2/t7-/m1/s1. The molecule has 0 aromatic rings. The molecule has 0 aromatic carbocycles. The zero-order chi connectivity index (χ0) is 5.98. The van der Waals surface area contributed by atoms with Crippen LogP contribution in [-0.4, -0.2) is 6.54 Å². The summed E-state index contributed by atoms with van der Waals surface area (Å²) in [5.74, 6) is 0.648. The molecule has 1 saturated carbocycles. The van der Waals surface area contributed by atoms with E-state index in [4.69, 9.17) is 5.73 Å². The van der Waals surface area contributed by atoms with Gasteiger partial charge in [-0.25, -0.2) is 0 Å². The summed E-state index contributed by atoms with van der Waals surface area (Å²) >= 11 is 0. The molecule has 1 fully saturated rings. The van der Waals surface area contributed by atoms with E-state index in [2.05, 4.69) is 6.58 Å². The molecule has 1 aliphatic carbocycles. The summed E-state index contributed by atoms with van der Waals surface area (Å²) in [5, 5.41) is 0. The van der Waals surface area contributed by atoms with E-state index in [0.29, 0.717) is 5.92 Å². The Balaban J connectivity index is 2.42. The van der Waals surface area contributed by atoms with Crippen molar-refractivity contribution < 1.29 is 0 Å². The topological polar surface area (TPSA) is 26.0 Å². The lowest BCUT2D eigenvalue weighted by molar-refractivity contribution is 0.640. The molecule has 1 aliphatic rings. The maximum atomic E-state index is 5.46. The fraction of sp³-hybridized carbons (Fsp3) is 0.714. The Morgan fingerprint density at radius 2 is 2.50 bits per heavy atom. The third-order valence-electron chi connectivity index (χ3n) is 1.91. The van der Waals surface area contributed by atoms with Crippen LogP contribution < -0.4 is 5.73 Å². The Hall–Kier alpha value is -0.300. The van der Waals surface area contributed by atoms with Gasteiger partial charge in [-0.1, -0.05) is 12.2 Å². The molecule has 1 rings (SSSR count). The van der Waals surface area contributed by atoms with Crippen LogP contribution in [0.4, 0.5) is 0 Å². The maximum Gasteiger partial charge on any atom is -0.00116 e. The van der Waals surface area contributed by atoms with Gasteiger partial charge in [0.05, 0.1) is 0 Å². The van der Waals surface area contributed by atoms with Gasteiger partial charge < -0.3 is 5.73 Å². The molecule has 1 heteroatoms. The monoisotopic (exact) mass is 111 g/mol. The van der Waals surface area contributed by atoms with Crippen molar-refractivity contribution in [1.29, 1.82) is 0 Å². The van der Waals surface area contributed by atoms with Gasteiger partial charge in [-0.2, -0.15) is 0 Å². The van der Waals surface area contributed by atoms with Crippen molar-refractivity contribution in [3.8, 4) is 0 Å². The molecule has 0 aromatic heterocycles. The molecule has 46 valence electrons. The van der Waals surface area contributed by atoms with Gasteiger partial charge in [-0.05, 0) is 31.7 Å². The lowest BCUT2D eigenvalue weighted by Gasteiger charge is -2.04. The number of hydrogen-bond acceptors (Lipinski definition) is 1. The minimum absolute atomic E-state index is 0.648. The van der Waals surface area contributed by atoms with Crippen LogP contribution in [0.25, 0.3) is 0 Å². The predicted molar refractivity (Wildman–Crippen MR) is 35.5 cm³/mol. The number of rotatable bonds is 1. The van der Waals surface area contributed by atoms with E-state index < -0.39 is 0 Å². The van der Waals surface area contributed by atoms with E-state index in [1.807, 2.05) is 0 Å². The molecule has 0 bridgehead atoms. The van der Waals surface area contributed by atoms with Crippen molar-refractivity contribution in [2.45, 2.75) is 19.3 Å². The molecule has 0 heterocycles. The van der Waals surface area contributed by atoms with Crippen LogP contribution in [0.15, 0.2) is 12.2 Å². The Morgan fingerprint density at radius 1 is 1.75 bits per heavy atom. The highest BCUT2D eigenvalue weighted by Crippen LogP contribution is 2.27. The quantitative estimate of drug-likeness (QED) is 0.507. The zero-order valence-corrected chi connectivity index (χ0v) is 5.19. The van der Waals surface area contributed by atoms with Crippen LogP contribution in [0.2, 0.25) is 0 Å². The Morgan fingerprint density at radius 3 is 2.75 bits per heavy atom. The van der Waals surface area contributed by atoms with E-state index >= 15 is 0 Å². The molecule has 2 N–H and O–H groups in total. The average molecular weight is 111 g/mol. The maximum absolute atomic E-state index is 5.46. The van der Waals surface area contributed by atoms with E-state index in [1.54, 1.807) is 0 Å². The summed E-state index contributed by atoms with van der Waals surface area (Å²) in [6.07, 6.45) is 3.79. The molecular weight excluding hydrogens is 98.1 g/mol. The first-order valence-electron chi connectivity index (χ1n) is 3.22. The lowest BCUT2D eigenvalue weighted by atomic mass is 10.1.